The smallest absolute Gasteiger partial charge is 0.251 e. The maximum Gasteiger partial charge on any atom is 0.251 e. The summed E-state index contributed by atoms with van der Waals surface area (Å²) in [6.07, 6.45) is 1.63. The summed E-state index contributed by atoms with van der Waals surface area (Å²) in [6.45, 7) is 4.86. The molecule has 2 aromatic heterocycles. The molecule has 0 saturated heterocycles. The summed E-state index contributed by atoms with van der Waals surface area (Å²) in [4.78, 5) is 17.5. The van der Waals surface area contributed by atoms with Gasteiger partial charge in [0, 0.05) is 35.6 Å². The molecular weight excluding hydrogens is 270 g/mol. The van der Waals surface area contributed by atoms with Crippen LogP contribution in [0.1, 0.15) is 29.1 Å². The molecule has 0 radical (unpaired) electrons. The van der Waals surface area contributed by atoms with Crippen molar-refractivity contribution in [3.63, 3.8) is 0 Å². The Balaban J connectivity index is 2.01. The van der Waals surface area contributed by atoms with Crippen molar-refractivity contribution in [3.05, 3.63) is 46.3 Å². The fraction of sp³-hybridized carbons (Fsp3) is 0.333. The van der Waals surface area contributed by atoms with E-state index in [4.69, 9.17) is 0 Å². The molecule has 0 saturated carbocycles. The average molecular weight is 289 g/mol. The zero-order valence-electron chi connectivity index (χ0n) is 11.9. The number of hydrogen-bond donors (Lipinski definition) is 2. The molecule has 106 valence electrons. The summed E-state index contributed by atoms with van der Waals surface area (Å²) in [5, 5.41) is 7.98. The van der Waals surface area contributed by atoms with Gasteiger partial charge in [0.25, 0.3) is 5.91 Å². The Morgan fingerprint density at radius 1 is 1.40 bits per heavy atom. The third kappa shape index (κ3) is 3.36. The summed E-state index contributed by atoms with van der Waals surface area (Å²) in [5.74, 6) is 0.615. The normalized spacial score (nSPS) is 11.2. The number of nitrogens with one attached hydrogen (secondary N) is 2. The molecule has 0 spiro atoms. The van der Waals surface area contributed by atoms with Crippen molar-refractivity contribution in [2.24, 2.45) is 0 Å². The highest BCUT2D eigenvalue weighted by atomic mass is 32.1. The number of aromatic nitrogens is 1. The highest BCUT2D eigenvalue weighted by Crippen LogP contribution is 2.26. The Labute approximate surface area is 123 Å². The van der Waals surface area contributed by atoms with Gasteiger partial charge in [-0.1, -0.05) is 19.9 Å². The van der Waals surface area contributed by atoms with Crippen LogP contribution < -0.4 is 10.6 Å². The largest absolute Gasteiger partial charge is 0.373 e. The molecule has 1 amide bonds. The van der Waals surface area contributed by atoms with E-state index in [1.54, 1.807) is 36.7 Å². The van der Waals surface area contributed by atoms with E-state index in [1.807, 2.05) is 6.07 Å². The topological polar surface area (TPSA) is 54.0 Å². The molecule has 5 heteroatoms. The first-order chi connectivity index (χ1) is 9.53. The molecule has 0 unspecified atom stereocenters. The molecule has 0 fully saturated rings. The van der Waals surface area contributed by atoms with Crippen LogP contribution in [-0.2, 0) is 5.41 Å². The van der Waals surface area contributed by atoms with E-state index in [-0.39, 0.29) is 11.3 Å². The average Bonchev–Trinajstić information content (AvgIpc) is 3.00. The van der Waals surface area contributed by atoms with Gasteiger partial charge in [0.1, 0.15) is 5.82 Å². The standard InChI is InChI=1S/C15H19N3OS/c1-15(2,12-5-4-8-20-12)10-18-14(19)11-6-7-17-13(9-11)16-3/h4-9H,10H2,1-3H3,(H,16,17)(H,18,19). The molecule has 2 aromatic rings. The third-order valence-corrected chi connectivity index (χ3v) is 4.39. The zero-order valence-corrected chi connectivity index (χ0v) is 12.8. The van der Waals surface area contributed by atoms with E-state index < -0.39 is 0 Å². The van der Waals surface area contributed by atoms with Gasteiger partial charge in [-0.15, -0.1) is 11.3 Å². The SMILES string of the molecule is CNc1cc(C(=O)NCC(C)(C)c2cccs2)ccn1. The van der Waals surface area contributed by atoms with Crippen molar-refractivity contribution in [2.45, 2.75) is 19.3 Å². The first kappa shape index (κ1) is 14.5. The number of thiophene rings is 1. The minimum Gasteiger partial charge on any atom is -0.373 e. The summed E-state index contributed by atoms with van der Waals surface area (Å²) < 4.78 is 0. The van der Waals surface area contributed by atoms with Crippen molar-refractivity contribution in [2.75, 3.05) is 18.9 Å². The van der Waals surface area contributed by atoms with Gasteiger partial charge in [0.2, 0.25) is 0 Å². The lowest BCUT2D eigenvalue weighted by Crippen LogP contribution is -2.36. The van der Waals surface area contributed by atoms with E-state index in [2.05, 4.69) is 40.9 Å². The molecule has 2 N–H and O–H groups in total. The fourth-order valence-electron chi connectivity index (χ4n) is 1.86. The van der Waals surface area contributed by atoms with Crippen molar-refractivity contribution in [1.29, 1.82) is 0 Å². The van der Waals surface area contributed by atoms with Crippen LogP contribution in [0.15, 0.2) is 35.8 Å². The van der Waals surface area contributed by atoms with Gasteiger partial charge in [-0.05, 0) is 23.6 Å². The van der Waals surface area contributed by atoms with E-state index >= 15 is 0 Å². The van der Waals surface area contributed by atoms with Gasteiger partial charge in [0.15, 0.2) is 0 Å². The molecule has 0 aliphatic rings. The van der Waals surface area contributed by atoms with Crippen LogP contribution in [0.4, 0.5) is 5.82 Å². The second-order valence-corrected chi connectivity index (χ2v) is 6.17. The number of carbonyl (C=O) groups is 1. The lowest BCUT2D eigenvalue weighted by Gasteiger charge is -2.23. The number of carbonyl (C=O) groups excluding carboxylic acids is 1. The van der Waals surface area contributed by atoms with E-state index in [9.17, 15) is 4.79 Å². The lowest BCUT2D eigenvalue weighted by atomic mass is 9.91. The molecule has 0 aliphatic carbocycles. The highest BCUT2D eigenvalue weighted by Gasteiger charge is 2.22. The van der Waals surface area contributed by atoms with E-state index in [1.165, 1.54) is 4.88 Å². The molecule has 20 heavy (non-hydrogen) atoms. The predicted octanol–water partition coefficient (Wildman–Crippen LogP) is 2.89. The molecule has 2 heterocycles. The molecular formula is C15H19N3OS. The van der Waals surface area contributed by atoms with E-state index in [0.717, 1.165) is 0 Å². The molecule has 0 aliphatic heterocycles. The lowest BCUT2D eigenvalue weighted by molar-refractivity contribution is 0.0946. The highest BCUT2D eigenvalue weighted by molar-refractivity contribution is 7.10. The summed E-state index contributed by atoms with van der Waals surface area (Å²) in [6, 6.07) is 7.59. The number of nitrogens with zero attached hydrogens (tertiary/aromatic N) is 1. The van der Waals surface area contributed by atoms with Crippen LogP contribution in [0.25, 0.3) is 0 Å². The summed E-state index contributed by atoms with van der Waals surface area (Å²) in [7, 11) is 1.78. The first-order valence-electron chi connectivity index (χ1n) is 6.49. The summed E-state index contributed by atoms with van der Waals surface area (Å²) in [5.41, 5.74) is 0.550. The second-order valence-electron chi connectivity index (χ2n) is 5.22. The molecule has 0 aromatic carbocycles. The number of rotatable bonds is 5. The maximum atomic E-state index is 12.2. The zero-order chi connectivity index (χ0) is 14.6. The van der Waals surface area contributed by atoms with Gasteiger partial charge in [0.05, 0.1) is 0 Å². The van der Waals surface area contributed by atoms with Gasteiger partial charge < -0.3 is 10.6 Å². The van der Waals surface area contributed by atoms with E-state index in [0.29, 0.717) is 17.9 Å². The van der Waals surface area contributed by atoms with Crippen LogP contribution in [0.3, 0.4) is 0 Å². The second kappa shape index (κ2) is 6.05. The van der Waals surface area contributed by atoms with Gasteiger partial charge in [-0.25, -0.2) is 4.98 Å². The molecule has 0 atom stereocenters. The number of pyridine rings is 1. The molecule has 4 nitrogen and oxygen atoms in total. The minimum absolute atomic E-state index is 0.0668. The van der Waals surface area contributed by atoms with Crippen LogP contribution in [-0.4, -0.2) is 24.5 Å². The van der Waals surface area contributed by atoms with Crippen molar-refractivity contribution >= 4 is 23.1 Å². The van der Waals surface area contributed by atoms with Crippen molar-refractivity contribution < 1.29 is 4.79 Å². The van der Waals surface area contributed by atoms with Crippen LogP contribution in [0.2, 0.25) is 0 Å². The fourth-order valence-corrected chi connectivity index (χ4v) is 2.71. The number of hydrogen-bond acceptors (Lipinski definition) is 4. The first-order valence-corrected chi connectivity index (χ1v) is 7.37. The van der Waals surface area contributed by atoms with Crippen LogP contribution in [0, 0.1) is 0 Å². The van der Waals surface area contributed by atoms with Crippen molar-refractivity contribution in [1.82, 2.24) is 10.3 Å². The Bertz CT molecular complexity index is 579. The number of amides is 1. The quantitative estimate of drug-likeness (QED) is 0.890. The third-order valence-electron chi connectivity index (χ3n) is 3.16. The van der Waals surface area contributed by atoms with Gasteiger partial charge in [-0.3, -0.25) is 4.79 Å². The molecule has 0 bridgehead atoms. The number of anilines is 1. The minimum atomic E-state index is -0.0754. The maximum absolute atomic E-state index is 12.2. The van der Waals surface area contributed by atoms with Gasteiger partial charge >= 0.3 is 0 Å². The van der Waals surface area contributed by atoms with Crippen LogP contribution in [0.5, 0.6) is 0 Å². The Morgan fingerprint density at radius 2 is 2.20 bits per heavy atom. The molecule has 2 rings (SSSR count). The Morgan fingerprint density at radius 3 is 2.85 bits per heavy atom. The summed E-state index contributed by atoms with van der Waals surface area (Å²) >= 11 is 1.71. The Kier molecular flexibility index (Phi) is 4.39. The Hall–Kier alpha value is -1.88. The monoisotopic (exact) mass is 289 g/mol. The predicted molar refractivity (Wildman–Crippen MR) is 83.5 cm³/mol. The van der Waals surface area contributed by atoms with Gasteiger partial charge in [-0.2, -0.15) is 0 Å². The van der Waals surface area contributed by atoms with Crippen molar-refractivity contribution in [3.8, 4) is 0 Å². The van der Waals surface area contributed by atoms with Crippen LogP contribution >= 0.6 is 11.3 Å².